The molecule has 7 nitrogen and oxygen atoms in total. The predicted molar refractivity (Wildman–Crippen MR) is 156 cm³/mol. The fourth-order valence-corrected chi connectivity index (χ4v) is 4.35. The highest BCUT2D eigenvalue weighted by molar-refractivity contribution is 5.92. The molecule has 2 unspecified atom stereocenters. The summed E-state index contributed by atoms with van der Waals surface area (Å²) in [7, 11) is 0. The standard InChI is InChI=1S/C32H47N3O4/c1-22(2)18-19-33-30(37)28(20-25-14-16-27(17-15-25)39-32(6,7)8)34-31(38)29(23(3)4)35(24(5)36)21-26-12-10-9-11-13-26/h9-17,22-23,28-29H,18-21H2,1-8H3,(H,33,37)(H,34,38). The van der Waals surface area contributed by atoms with Gasteiger partial charge in [0.1, 0.15) is 23.4 Å². The summed E-state index contributed by atoms with van der Waals surface area (Å²) in [6, 6.07) is 15.7. The number of nitrogens with zero attached hydrogens (tertiary/aromatic N) is 1. The maximum Gasteiger partial charge on any atom is 0.243 e. The summed E-state index contributed by atoms with van der Waals surface area (Å²) in [5.41, 5.74) is 1.52. The van der Waals surface area contributed by atoms with Crippen molar-refractivity contribution in [3.05, 3.63) is 65.7 Å². The second-order valence-electron chi connectivity index (χ2n) is 11.9. The van der Waals surface area contributed by atoms with Crippen LogP contribution in [0.5, 0.6) is 5.75 Å². The highest BCUT2D eigenvalue weighted by Crippen LogP contribution is 2.20. The van der Waals surface area contributed by atoms with Crippen LogP contribution in [0.15, 0.2) is 54.6 Å². The fraction of sp³-hybridized carbons (Fsp3) is 0.531. The van der Waals surface area contributed by atoms with Gasteiger partial charge in [0.2, 0.25) is 17.7 Å². The van der Waals surface area contributed by atoms with E-state index in [-0.39, 0.29) is 29.2 Å². The Labute approximate surface area is 234 Å². The number of carbonyl (C=O) groups excluding carboxylic acids is 3. The maximum atomic E-state index is 13.7. The lowest BCUT2D eigenvalue weighted by molar-refractivity contribution is -0.142. The maximum absolute atomic E-state index is 13.7. The molecule has 214 valence electrons. The first-order chi connectivity index (χ1) is 18.3. The Morgan fingerprint density at radius 2 is 1.49 bits per heavy atom. The van der Waals surface area contributed by atoms with Crippen molar-refractivity contribution in [1.29, 1.82) is 0 Å². The van der Waals surface area contributed by atoms with Crippen molar-refractivity contribution in [2.24, 2.45) is 11.8 Å². The fourth-order valence-electron chi connectivity index (χ4n) is 4.35. The number of hydrogen-bond acceptors (Lipinski definition) is 4. The Morgan fingerprint density at radius 3 is 2.00 bits per heavy atom. The van der Waals surface area contributed by atoms with Crippen LogP contribution in [0.1, 0.15) is 72.9 Å². The summed E-state index contributed by atoms with van der Waals surface area (Å²) in [6.07, 6.45) is 1.16. The molecule has 0 bridgehead atoms. The second-order valence-corrected chi connectivity index (χ2v) is 11.9. The van der Waals surface area contributed by atoms with E-state index in [0.717, 1.165) is 23.3 Å². The molecule has 7 heteroatoms. The molecule has 2 aromatic rings. The van der Waals surface area contributed by atoms with Crippen LogP contribution < -0.4 is 15.4 Å². The topological polar surface area (TPSA) is 87.7 Å². The van der Waals surface area contributed by atoms with E-state index in [1.165, 1.54) is 6.92 Å². The lowest BCUT2D eigenvalue weighted by Gasteiger charge is -2.34. The Hall–Kier alpha value is -3.35. The molecule has 0 aliphatic heterocycles. The molecule has 2 aromatic carbocycles. The minimum atomic E-state index is -0.786. The van der Waals surface area contributed by atoms with Gasteiger partial charge in [-0.3, -0.25) is 14.4 Å². The van der Waals surface area contributed by atoms with Crippen molar-refractivity contribution < 1.29 is 19.1 Å². The van der Waals surface area contributed by atoms with Crippen molar-refractivity contribution in [2.75, 3.05) is 6.54 Å². The van der Waals surface area contributed by atoms with Gasteiger partial charge >= 0.3 is 0 Å². The molecule has 0 aliphatic carbocycles. The zero-order valence-electron chi connectivity index (χ0n) is 24.9. The van der Waals surface area contributed by atoms with Crippen LogP contribution in [0.25, 0.3) is 0 Å². The van der Waals surface area contributed by atoms with Crippen molar-refractivity contribution in [3.8, 4) is 5.75 Å². The first-order valence-electron chi connectivity index (χ1n) is 13.9. The molecule has 0 radical (unpaired) electrons. The van der Waals surface area contributed by atoms with Crippen LogP contribution in [-0.2, 0) is 27.3 Å². The number of nitrogens with one attached hydrogen (secondary N) is 2. The number of ether oxygens (including phenoxy) is 1. The third-order valence-electron chi connectivity index (χ3n) is 6.28. The Kier molecular flexibility index (Phi) is 12.0. The molecular weight excluding hydrogens is 490 g/mol. The van der Waals surface area contributed by atoms with Crippen molar-refractivity contribution in [2.45, 2.75) is 92.5 Å². The van der Waals surface area contributed by atoms with Gasteiger partial charge in [-0.2, -0.15) is 0 Å². The summed E-state index contributed by atoms with van der Waals surface area (Å²) < 4.78 is 5.92. The van der Waals surface area contributed by atoms with Gasteiger partial charge in [0.05, 0.1) is 0 Å². The third-order valence-corrected chi connectivity index (χ3v) is 6.28. The van der Waals surface area contributed by atoms with Gasteiger partial charge in [-0.25, -0.2) is 0 Å². The second kappa shape index (κ2) is 14.7. The lowest BCUT2D eigenvalue weighted by atomic mass is 9.98. The first kappa shape index (κ1) is 31.9. The van der Waals surface area contributed by atoms with Crippen LogP contribution in [0.4, 0.5) is 0 Å². The van der Waals surface area contributed by atoms with E-state index >= 15 is 0 Å². The summed E-state index contributed by atoms with van der Waals surface area (Å²) in [6.45, 7) is 16.3. The van der Waals surface area contributed by atoms with Crippen LogP contribution in [0.3, 0.4) is 0 Å². The number of hydrogen-bond donors (Lipinski definition) is 2. The molecule has 0 spiro atoms. The molecular formula is C32H47N3O4. The van der Waals surface area contributed by atoms with Gasteiger partial charge in [0.25, 0.3) is 0 Å². The van der Waals surface area contributed by atoms with E-state index in [1.807, 2.05) is 89.2 Å². The van der Waals surface area contributed by atoms with Crippen LogP contribution in [-0.4, -0.2) is 46.9 Å². The minimum absolute atomic E-state index is 0.156. The summed E-state index contributed by atoms with van der Waals surface area (Å²) in [5.74, 6) is 0.259. The molecule has 2 rings (SSSR count). The smallest absolute Gasteiger partial charge is 0.243 e. The summed E-state index contributed by atoms with van der Waals surface area (Å²) in [5, 5.41) is 5.97. The molecule has 2 N–H and O–H groups in total. The van der Waals surface area contributed by atoms with E-state index in [0.29, 0.717) is 25.4 Å². The molecule has 0 heterocycles. The molecule has 0 fully saturated rings. The molecule has 0 saturated heterocycles. The van der Waals surface area contributed by atoms with E-state index in [9.17, 15) is 14.4 Å². The van der Waals surface area contributed by atoms with E-state index in [2.05, 4.69) is 24.5 Å². The number of rotatable bonds is 13. The van der Waals surface area contributed by atoms with E-state index in [4.69, 9.17) is 4.74 Å². The Bertz CT molecular complexity index is 1060. The quantitative estimate of drug-likeness (QED) is 0.371. The van der Waals surface area contributed by atoms with Crippen molar-refractivity contribution in [3.63, 3.8) is 0 Å². The monoisotopic (exact) mass is 537 g/mol. The van der Waals surface area contributed by atoms with E-state index < -0.39 is 12.1 Å². The zero-order valence-corrected chi connectivity index (χ0v) is 24.9. The van der Waals surface area contributed by atoms with Gasteiger partial charge in [0, 0.05) is 26.4 Å². The molecule has 3 amide bonds. The predicted octanol–water partition coefficient (Wildman–Crippen LogP) is 5.13. The van der Waals surface area contributed by atoms with Crippen LogP contribution in [0.2, 0.25) is 0 Å². The highest BCUT2D eigenvalue weighted by Gasteiger charge is 2.33. The molecule has 0 aliphatic rings. The number of amides is 3. The van der Waals surface area contributed by atoms with Gasteiger partial charge in [-0.05, 0) is 62.3 Å². The average Bonchev–Trinajstić information content (AvgIpc) is 2.83. The van der Waals surface area contributed by atoms with Crippen molar-refractivity contribution >= 4 is 17.7 Å². The zero-order chi connectivity index (χ0) is 29.2. The van der Waals surface area contributed by atoms with Crippen LogP contribution >= 0.6 is 0 Å². The Balaban J connectivity index is 2.27. The van der Waals surface area contributed by atoms with E-state index in [1.54, 1.807) is 4.90 Å². The molecule has 2 atom stereocenters. The van der Waals surface area contributed by atoms with Gasteiger partial charge in [0.15, 0.2) is 0 Å². The first-order valence-corrected chi connectivity index (χ1v) is 13.9. The highest BCUT2D eigenvalue weighted by atomic mass is 16.5. The number of benzene rings is 2. The van der Waals surface area contributed by atoms with Gasteiger partial charge < -0.3 is 20.3 Å². The SMILES string of the molecule is CC(=O)N(Cc1ccccc1)C(C(=O)NC(Cc1ccc(OC(C)(C)C)cc1)C(=O)NCCC(C)C)C(C)C. The molecule has 0 aromatic heterocycles. The molecule has 39 heavy (non-hydrogen) atoms. The lowest BCUT2D eigenvalue weighted by Crippen LogP contribution is -2.56. The van der Waals surface area contributed by atoms with Gasteiger partial charge in [-0.1, -0.05) is 70.2 Å². The minimum Gasteiger partial charge on any atom is -0.488 e. The number of carbonyl (C=O) groups is 3. The molecule has 0 saturated carbocycles. The Morgan fingerprint density at radius 1 is 0.872 bits per heavy atom. The normalized spacial score (nSPS) is 13.1. The summed E-state index contributed by atoms with van der Waals surface area (Å²) in [4.78, 5) is 41.3. The third kappa shape index (κ3) is 11.1. The summed E-state index contributed by atoms with van der Waals surface area (Å²) >= 11 is 0. The van der Waals surface area contributed by atoms with Crippen molar-refractivity contribution in [1.82, 2.24) is 15.5 Å². The van der Waals surface area contributed by atoms with Gasteiger partial charge in [-0.15, -0.1) is 0 Å². The average molecular weight is 538 g/mol. The largest absolute Gasteiger partial charge is 0.488 e. The van der Waals surface area contributed by atoms with Crippen LogP contribution in [0, 0.1) is 11.8 Å².